The van der Waals surface area contributed by atoms with E-state index >= 15 is 0 Å². The summed E-state index contributed by atoms with van der Waals surface area (Å²) in [5.74, 6) is -0.238. The number of hydrogen-bond donors (Lipinski definition) is 2. The zero-order valence-electron chi connectivity index (χ0n) is 17.3. The lowest BCUT2D eigenvalue weighted by Crippen LogP contribution is -2.39. The molecule has 1 aliphatic heterocycles. The van der Waals surface area contributed by atoms with Gasteiger partial charge in [0.05, 0.1) is 0 Å². The number of ketones is 1. The highest BCUT2D eigenvalue weighted by Crippen LogP contribution is 2.46. The van der Waals surface area contributed by atoms with E-state index in [2.05, 4.69) is 29.5 Å². The van der Waals surface area contributed by atoms with Gasteiger partial charge in [0.25, 0.3) is 5.91 Å². The van der Waals surface area contributed by atoms with Crippen LogP contribution in [0.5, 0.6) is 0 Å². The van der Waals surface area contributed by atoms with Crippen LogP contribution in [0.2, 0.25) is 5.02 Å². The van der Waals surface area contributed by atoms with E-state index < -0.39 is 5.92 Å². The molecule has 2 aliphatic rings. The van der Waals surface area contributed by atoms with E-state index in [-0.39, 0.29) is 17.1 Å². The molecule has 0 saturated heterocycles. The molecule has 0 saturated carbocycles. The summed E-state index contributed by atoms with van der Waals surface area (Å²) in [4.78, 5) is 30.8. The van der Waals surface area contributed by atoms with Gasteiger partial charge in [0, 0.05) is 46.1 Å². The standard InChI is InChI=1S/C24H24ClN3O2/c1-14-20(23(30)28-19-9-4-5-10-26-19)21(15-7-6-8-16(25)11-15)22-17(27-14)12-24(2,3)13-18(22)29/h4-11,21,27H,12-13H2,1-3H3,(H,26,28,30)/t21-/m1/s1. The van der Waals surface area contributed by atoms with Crippen molar-refractivity contribution in [2.75, 3.05) is 5.32 Å². The molecule has 1 aliphatic carbocycles. The molecule has 2 heterocycles. The molecule has 4 rings (SSSR count). The number of carbonyl (C=O) groups is 2. The fourth-order valence-corrected chi connectivity index (χ4v) is 4.58. The van der Waals surface area contributed by atoms with E-state index in [4.69, 9.17) is 11.6 Å². The van der Waals surface area contributed by atoms with Crippen LogP contribution in [0.25, 0.3) is 0 Å². The molecule has 0 fully saturated rings. The highest BCUT2D eigenvalue weighted by Gasteiger charge is 2.42. The van der Waals surface area contributed by atoms with Crippen LogP contribution < -0.4 is 10.6 Å². The number of dihydropyridines is 1. The van der Waals surface area contributed by atoms with Crippen LogP contribution in [0, 0.1) is 5.41 Å². The lowest BCUT2D eigenvalue weighted by Gasteiger charge is -2.39. The van der Waals surface area contributed by atoms with E-state index in [1.807, 2.05) is 31.2 Å². The van der Waals surface area contributed by atoms with E-state index in [0.717, 1.165) is 23.4 Å². The molecule has 0 bridgehead atoms. The molecule has 1 atom stereocenters. The number of benzene rings is 1. The summed E-state index contributed by atoms with van der Waals surface area (Å²) < 4.78 is 0. The molecule has 154 valence electrons. The lowest BCUT2D eigenvalue weighted by molar-refractivity contribution is -0.118. The van der Waals surface area contributed by atoms with E-state index in [1.165, 1.54) is 0 Å². The Labute approximate surface area is 181 Å². The zero-order valence-corrected chi connectivity index (χ0v) is 18.0. The normalized spacial score (nSPS) is 20.5. The zero-order chi connectivity index (χ0) is 21.5. The quantitative estimate of drug-likeness (QED) is 0.733. The summed E-state index contributed by atoms with van der Waals surface area (Å²) in [7, 11) is 0. The number of nitrogens with zero attached hydrogens (tertiary/aromatic N) is 1. The Bertz CT molecular complexity index is 1090. The Kier molecular flexibility index (Phi) is 5.24. The van der Waals surface area contributed by atoms with Crippen molar-refractivity contribution in [2.24, 2.45) is 5.41 Å². The van der Waals surface area contributed by atoms with Crippen LogP contribution in [0.3, 0.4) is 0 Å². The van der Waals surface area contributed by atoms with E-state index in [9.17, 15) is 9.59 Å². The summed E-state index contributed by atoms with van der Waals surface area (Å²) >= 11 is 6.27. The van der Waals surface area contributed by atoms with Crippen LogP contribution in [0.1, 0.15) is 45.1 Å². The average Bonchev–Trinajstić information content (AvgIpc) is 2.66. The molecule has 1 aromatic heterocycles. The molecule has 5 nitrogen and oxygen atoms in total. The number of anilines is 1. The van der Waals surface area contributed by atoms with Gasteiger partial charge in [-0.05, 0) is 48.6 Å². The molecule has 0 unspecified atom stereocenters. The maximum Gasteiger partial charge on any atom is 0.255 e. The van der Waals surface area contributed by atoms with Crippen molar-refractivity contribution in [2.45, 2.75) is 39.5 Å². The van der Waals surface area contributed by atoms with Crippen molar-refractivity contribution in [1.82, 2.24) is 10.3 Å². The van der Waals surface area contributed by atoms with Crippen LogP contribution in [0.15, 0.2) is 71.2 Å². The second kappa shape index (κ2) is 7.73. The molecule has 1 aromatic carbocycles. The van der Waals surface area contributed by atoms with E-state index in [0.29, 0.717) is 28.4 Å². The highest BCUT2D eigenvalue weighted by atomic mass is 35.5. The number of halogens is 1. The van der Waals surface area contributed by atoms with E-state index in [1.54, 1.807) is 24.4 Å². The first-order chi connectivity index (χ1) is 14.2. The molecule has 2 aromatic rings. The lowest BCUT2D eigenvalue weighted by atomic mass is 9.68. The van der Waals surface area contributed by atoms with Gasteiger partial charge in [0.15, 0.2) is 5.78 Å². The van der Waals surface area contributed by atoms with Crippen LogP contribution >= 0.6 is 11.6 Å². The highest BCUT2D eigenvalue weighted by molar-refractivity contribution is 6.30. The number of allylic oxidation sites excluding steroid dienone is 3. The van der Waals surface area contributed by atoms with Gasteiger partial charge in [-0.15, -0.1) is 0 Å². The van der Waals surface area contributed by atoms with Crippen molar-refractivity contribution in [1.29, 1.82) is 0 Å². The fourth-order valence-electron chi connectivity index (χ4n) is 4.38. The number of nitrogens with one attached hydrogen (secondary N) is 2. The van der Waals surface area contributed by atoms with Gasteiger partial charge in [-0.25, -0.2) is 4.98 Å². The van der Waals surface area contributed by atoms with Gasteiger partial charge in [-0.1, -0.05) is 43.6 Å². The van der Waals surface area contributed by atoms with Gasteiger partial charge in [0.1, 0.15) is 5.82 Å². The van der Waals surface area contributed by atoms with Crippen LogP contribution in [-0.4, -0.2) is 16.7 Å². The SMILES string of the molecule is CC1=C(C(=O)Nc2ccccn2)[C@@H](c2cccc(Cl)c2)C2=C(CC(C)(C)CC2=O)N1. The Morgan fingerprint density at radius 3 is 2.70 bits per heavy atom. The first kappa shape index (κ1) is 20.4. The predicted octanol–water partition coefficient (Wildman–Crippen LogP) is 4.98. The molecule has 30 heavy (non-hydrogen) atoms. The van der Waals surface area contributed by atoms with Crippen LogP contribution in [-0.2, 0) is 9.59 Å². The van der Waals surface area contributed by atoms with Gasteiger partial charge in [-0.2, -0.15) is 0 Å². The minimum absolute atomic E-state index is 0.0642. The molecule has 6 heteroatoms. The molecule has 2 N–H and O–H groups in total. The van der Waals surface area contributed by atoms with Gasteiger partial charge >= 0.3 is 0 Å². The predicted molar refractivity (Wildman–Crippen MR) is 118 cm³/mol. The number of carbonyl (C=O) groups excluding carboxylic acids is 2. The molecular weight excluding hydrogens is 398 g/mol. The third-order valence-corrected chi connectivity index (χ3v) is 5.81. The maximum absolute atomic E-state index is 13.3. The number of Topliss-reactive ketones (excluding diaryl/α,β-unsaturated/α-hetero) is 1. The van der Waals surface area contributed by atoms with Crippen molar-refractivity contribution in [3.05, 3.63) is 81.8 Å². The second-order valence-corrected chi connectivity index (χ2v) is 9.09. The smallest absolute Gasteiger partial charge is 0.255 e. The Balaban J connectivity index is 1.82. The first-order valence-corrected chi connectivity index (χ1v) is 10.3. The number of pyridine rings is 1. The molecule has 1 amide bonds. The second-order valence-electron chi connectivity index (χ2n) is 8.65. The van der Waals surface area contributed by atoms with Gasteiger partial charge in [-0.3, -0.25) is 9.59 Å². The topological polar surface area (TPSA) is 71.1 Å². The van der Waals surface area contributed by atoms with Crippen molar-refractivity contribution in [3.63, 3.8) is 0 Å². The Hall–Kier alpha value is -2.92. The van der Waals surface area contributed by atoms with Gasteiger partial charge < -0.3 is 10.6 Å². The first-order valence-electron chi connectivity index (χ1n) is 9.97. The Morgan fingerprint density at radius 2 is 2.00 bits per heavy atom. The maximum atomic E-state index is 13.3. The summed E-state index contributed by atoms with van der Waals surface area (Å²) in [5.41, 5.74) is 3.50. The monoisotopic (exact) mass is 421 g/mol. The Morgan fingerprint density at radius 1 is 1.20 bits per heavy atom. The average molecular weight is 422 g/mol. The van der Waals surface area contributed by atoms with Crippen molar-refractivity contribution < 1.29 is 9.59 Å². The summed E-state index contributed by atoms with van der Waals surface area (Å²) in [5, 5.41) is 6.80. The minimum atomic E-state index is -0.479. The molecular formula is C24H24ClN3O2. The number of amides is 1. The largest absolute Gasteiger partial charge is 0.362 e. The third kappa shape index (κ3) is 3.90. The minimum Gasteiger partial charge on any atom is -0.362 e. The van der Waals surface area contributed by atoms with Crippen molar-refractivity contribution >= 4 is 29.1 Å². The van der Waals surface area contributed by atoms with Crippen molar-refractivity contribution in [3.8, 4) is 0 Å². The summed E-state index contributed by atoms with van der Waals surface area (Å²) in [6.07, 6.45) is 2.81. The number of hydrogen-bond acceptors (Lipinski definition) is 4. The third-order valence-electron chi connectivity index (χ3n) is 5.57. The number of rotatable bonds is 3. The molecule has 0 spiro atoms. The summed E-state index contributed by atoms with van der Waals surface area (Å²) in [6.45, 7) is 6.06. The van der Waals surface area contributed by atoms with Crippen LogP contribution in [0.4, 0.5) is 5.82 Å². The number of aromatic nitrogens is 1. The molecule has 0 radical (unpaired) electrons. The fraction of sp³-hybridized carbons (Fsp3) is 0.292. The van der Waals surface area contributed by atoms with Gasteiger partial charge in [0.2, 0.25) is 0 Å². The summed E-state index contributed by atoms with van der Waals surface area (Å²) in [6, 6.07) is 12.7.